The molecule has 0 saturated heterocycles. The van der Waals surface area contributed by atoms with Gasteiger partial charge in [0.1, 0.15) is 0 Å². The van der Waals surface area contributed by atoms with Crippen LogP contribution in [0.2, 0.25) is 0 Å². The van der Waals surface area contributed by atoms with E-state index in [1.807, 2.05) is 24.4 Å². The molecule has 0 radical (unpaired) electrons. The van der Waals surface area contributed by atoms with Crippen LogP contribution < -0.4 is 10.6 Å². The summed E-state index contributed by atoms with van der Waals surface area (Å²) < 4.78 is 2.94. The van der Waals surface area contributed by atoms with Gasteiger partial charge in [-0.1, -0.05) is 34.1 Å². The molecule has 2 aromatic heterocycles. The summed E-state index contributed by atoms with van der Waals surface area (Å²) in [6, 6.07) is 14.4. The lowest BCUT2D eigenvalue weighted by Crippen LogP contribution is -2.41. The standard InChI is InChI=1S/C21H23BrN6/c1-23-20(26-15-21(8-9-21)17-5-2-3-6-18(17)22)25-14-16-7-11-24-19(13-16)28-12-4-10-27-28/h2-7,10-13H,8-9,14-15H2,1H3,(H2,23,25,26). The molecule has 1 saturated carbocycles. The lowest BCUT2D eigenvalue weighted by atomic mass is 9.96. The molecular weight excluding hydrogens is 416 g/mol. The quantitative estimate of drug-likeness (QED) is 0.456. The molecule has 0 aliphatic heterocycles. The summed E-state index contributed by atoms with van der Waals surface area (Å²) in [5, 5.41) is 11.1. The third kappa shape index (κ3) is 4.09. The largest absolute Gasteiger partial charge is 0.356 e. The van der Waals surface area contributed by atoms with Gasteiger partial charge in [-0.15, -0.1) is 0 Å². The summed E-state index contributed by atoms with van der Waals surface area (Å²) in [5.74, 6) is 1.61. The summed E-state index contributed by atoms with van der Waals surface area (Å²) in [4.78, 5) is 8.74. The van der Waals surface area contributed by atoms with E-state index in [-0.39, 0.29) is 5.41 Å². The van der Waals surface area contributed by atoms with E-state index in [4.69, 9.17) is 0 Å². The topological polar surface area (TPSA) is 67.1 Å². The first-order chi connectivity index (χ1) is 13.7. The average molecular weight is 439 g/mol. The van der Waals surface area contributed by atoms with Gasteiger partial charge in [0.15, 0.2) is 11.8 Å². The molecule has 2 N–H and O–H groups in total. The molecule has 0 spiro atoms. The number of pyridine rings is 1. The van der Waals surface area contributed by atoms with Gasteiger partial charge in [0.25, 0.3) is 0 Å². The molecular formula is C21H23BrN6. The molecule has 3 aromatic rings. The van der Waals surface area contributed by atoms with E-state index in [0.717, 1.165) is 23.9 Å². The fraction of sp³-hybridized carbons (Fsp3) is 0.286. The van der Waals surface area contributed by atoms with Gasteiger partial charge in [0.2, 0.25) is 0 Å². The Bertz CT molecular complexity index is 963. The molecule has 7 heteroatoms. The number of hydrogen-bond acceptors (Lipinski definition) is 3. The summed E-state index contributed by atoms with van der Waals surface area (Å²) in [6.07, 6.45) is 7.82. The van der Waals surface area contributed by atoms with Crippen molar-refractivity contribution in [3.63, 3.8) is 0 Å². The van der Waals surface area contributed by atoms with Crippen molar-refractivity contribution < 1.29 is 0 Å². The van der Waals surface area contributed by atoms with Gasteiger partial charge in [-0.05, 0) is 48.2 Å². The van der Waals surface area contributed by atoms with Crippen LogP contribution in [-0.2, 0) is 12.0 Å². The number of aromatic nitrogens is 3. The highest BCUT2D eigenvalue weighted by Gasteiger charge is 2.45. The van der Waals surface area contributed by atoms with Crippen molar-refractivity contribution in [1.29, 1.82) is 0 Å². The van der Waals surface area contributed by atoms with Crippen molar-refractivity contribution in [2.75, 3.05) is 13.6 Å². The highest BCUT2D eigenvalue weighted by molar-refractivity contribution is 9.10. The van der Waals surface area contributed by atoms with E-state index in [1.54, 1.807) is 24.1 Å². The zero-order valence-corrected chi connectivity index (χ0v) is 17.4. The normalized spacial score (nSPS) is 15.3. The number of hydrogen-bond donors (Lipinski definition) is 2. The van der Waals surface area contributed by atoms with Crippen LogP contribution in [0.4, 0.5) is 0 Å². The molecule has 0 atom stereocenters. The molecule has 0 bridgehead atoms. The second kappa shape index (κ2) is 8.14. The molecule has 1 aliphatic rings. The maximum absolute atomic E-state index is 4.37. The number of rotatable bonds is 6. The van der Waals surface area contributed by atoms with Crippen molar-refractivity contribution in [2.24, 2.45) is 4.99 Å². The minimum absolute atomic E-state index is 0.196. The van der Waals surface area contributed by atoms with Gasteiger partial charge in [0, 0.05) is 48.6 Å². The summed E-state index contributed by atoms with van der Waals surface area (Å²) in [6.45, 7) is 1.53. The van der Waals surface area contributed by atoms with Gasteiger partial charge in [0.05, 0.1) is 0 Å². The number of nitrogens with one attached hydrogen (secondary N) is 2. The van der Waals surface area contributed by atoms with Gasteiger partial charge in [-0.25, -0.2) is 9.67 Å². The van der Waals surface area contributed by atoms with Gasteiger partial charge < -0.3 is 10.6 Å². The summed E-state index contributed by atoms with van der Waals surface area (Å²) in [7, 11) is 1.80. The fourth-order valence-corrected chi connectivity index (χ4v) is 4.05. The Balaban J connectivity index is 1.36. The van der Waals surface area contributed by atoms with E-state index in [9.17, 15) is 0 Å². The Morgan fingerprint density at radius 3 is 2.75 bits per heavy atom. The minimum Gasteiger partial charge on any atom is -0.356 e. The Morgan fingerprint density at radius 1 is 1.18 bits per heavy atom. The smallest absolute Gasteiger partial charge is 0.191 e. The minimum atomic E-state index is 0.196. The second-order valence-electron chi connectivity index (χ2n) is 7.01. The van der Waals surface area contributed by atoms with Gasteiger partial charge in [-0.2, -0.15) is 5.10 Å². The number of nitrogens with zero attached hydrogens (tertiary/aromatic N) is 4. The molecule has 0 unspecified atom stereocenters. The summed E-state index contributed by atoms with van der Waals surface area (Å²) in [5.41, 5.74) is 2.69. The summed E-state index contributed by atoms with van der Waals surface area (Å²) >= 11 is 3.69. The first-order valence-electron chi connectivity index (χ1n) is 9.35. The van der Waals surface area contributed by atoms with Crippen LogP contribution >= 0.6 is 15.9 Å². The molecule has 0 amide bonds. The lowest BCUT2D eigenvalue weighted by Gasteiger charge is -2.20. The molecule has 1 fully saturated rings. The van der Waals surface area contributed by atoms with Crippen LogP contribution in [0.15, 0.2) is 70.5 Å². The number of guanidine groups is 1. The van der Waals surface area contributed by atoms with E-state index in [0.29, 0.717) is 6.54 Å². The SMILES string of the molecule is CN=C(NCc1ccnc(-n2cccn2)c1)NCC1(c2ccccc2Br)CC1. The van der Waals surface area contributed by atoms with E-state index < -0.39 is 0 Å². The van der Waals surface area contributed by atoms with Crippen LogP contribution in [0.3, 0.4) is 0 Å². The van der Waals surface area contributed by atoms with Crippen LogP contribution in [-0.4, -0.2) is 34.3 Å². The molecule has 6 nitrogen and oxygen atoms in total. The van der Waals surface area contributed by atoms with E-state index >= 15 is 0 Å². The van der Waals surface area contributed by atoms with Crippen molar-refractivity contribution in [3.05, 3.63) is 76.7 Å². The predicted molar refractivity (Wildman–Crippen MR) is 115 cm³/mol. The number of halogens is 1. The second-order valence-corrected chi connectivity index (χ2v) is 7.87. The van der Waals surface area contributed by atoms with Crippen molar-refractivity contribution in [1.82, 2.24) is 25.4 Å². The Kier molecular flexibility index (Phi) is 5.43. The van der Waals surface area contributed by atoms with Crippen molar-refractivity contribution in [3.8, 4) is 5.82 Å². The lowest BCUT2D eigenvalue weighted by molar-refractivity contribution is 0.643. The van der Waals surface area contributed by atoms with Crippen LogP contribution in [0.25, 0.3) is 5.82 Å². The Hall–Kier alpha value is -2.67. The first-order valence-corrected chi connectivity index (χ1v) is 10.1. The van der Waals surface area contributed by atoms with Crippen molar-refractivity contribution in [2.45, 2.75) is 24.8 Å². The third-order valence-electron chi connectivity index (χ3n) is 5.13. The zero-order valence-electron chi connectivity index (χ0n) is 15.8. The maximum Gasteiger partial charge on any atom is 0.191 e. The monoisotopic (exact) mass is 438 g/mol. The molecule has 4 rings (SSSR count). The van der Waals surface area contributed by atoms with E-state index in [2.05, 4.69) is 65.9 Å². The maximum atomic E-state index is 4.37. The molecule has 1 aliphatic carbocycles. The zero-order chi connectivity index (χ0) is 19.4. The molecule has 2 heterocycles. The highest BCUT2D eigenvalue weighted by Crippen LogP contribution is 2.49. The number of aliphatic imine (C=N–C) groups is 1. The van der Waals surface area contributed by atoms with Crippen molar-refractivity contribution >= 4 is 21.9 Å². The molecule has 28 heavy (non-hydrogen) atoms. The first kappa shape index (κ1) is 18.7. The average Bonchev–Trinajstić information content (AvgIpc) is 3.30. The van der Waals surface area contributed by atoms with Gasteiger partial charge >= 0.3 is 0 Å². The molecule has 144 valence electrons. The van der Waals surface area contributed by atoms with E-state index in [1.165, 1.54) is 22.9 Å². The van der Waals surface area contributed by atoms with Crippen LogP contribution in [0, 0.1) is 0 Å². The number of benzene rings is 1. The molecule has 1 aromatic carbocycles. The van der Waals surface area contributed by atoms with Gasteiger partial charge in [-0.3, -0.25) is 4.99 Å². The third-order valence-corrected chi connectivity index (χ3v) is 5.82. The van der Waals surface area contributed by atoms with Crippen LogP contribution in [0.1, 0.15) is 24.0 Å². The Labute approximate surface area is 173 Å². The van der Waals surface area contributed by atoms with Crippen LogP contribution in [0.5, 0.6) is 0 Å². The highest BCUT2D eigenvalue weighted by atomic mass is 79.9. The predicted octanol–water partition coefficient (Wildman–Crippen LogP) is 3.43. The fourth-order valence-electron chi connectivity index (χ4n) is 3.34. The Morgan fingerprint density at radius 2 is 2.04 bits per heavy atom.